The van der Waals surface area contributed by atoms with E-state index in [4.69, 9.17) is 5.11 Å². The molecule has 1 aromatic rings. The van der Waals surface area contributed by atoms with Crippen molar-refractivity contribution >= 4 is 5.91 Å². The molecule has 0 aliphatic carbocycles. The number of carbonyl (C=O) groups excluding carboxylic acids is 1. The molecule has 0 spiro atoms. The van der Waals surface area contributed by atoms with Gasteiger partial charge in [-0.25, -0.2) is 0 Å². The van der Waals surface area contributed by atoms with Crippen LogP contribution in [0.2, 0.25) is 0 Å². The van der Waals surface area contributed by atoms with Gasteiger partial charge in [0.2, 0.25) is 5.91 Å². The Balaban J connectivity index is 2.31. The maximum Gasteiger partial charge on any atom is 0.220 e. The van der Waals surface area contributed by atoms with Crippen LogP contribution in [0.3, 0.4) is 0 Å². The first-order chi connectivity index (χ1) is 8.13. The Labute approximate surface area is 101 Å². The van der Waals surface area contributed by atoms with E-state index in [0.29, 0.717) is 19.4 Å². The lowest BCUT2D eigenvalue weighted by Gasteiger charge is -2.09. The second kappa shape index (κ2) is 6.91. The largest absolute Gasteiger partial charge is 0.508 e. The summed E-state index contributed by atoms with van der Waals surface area (Å²) in [4.78, 5) is 11.5. The minimum atomic E-state index is -0.0615. The number of rotatable bonds is 6. The fourth-order valence-corrected chi connectivity index (χ4v) is 1.41. The Kier molecular flexibility index (Phi) is 5.49. The van der Waals surface area contributed by atoms with E-state index >= 15 is 0 Å². The number of hydrogen-bond donors (Lipinski definition) is 3. The van der Waals surface area contributed by atoms with Crippen molar-refractivity contribution in [1.29, 1.82) is 0 Å². The van der Waals surface area contributed by atoms with Crippen LogP contribution in [0, 0.1) is 5.92 Å². The molecule has 0 heterocycles. The van der Waals surface area contributed by atoms with Crippen molar-refractivity contribution in [3.05, 3.63) is 29.8 Å². The number of hydrogen-bond acceptors (Lipinski definition) is 3. The second-order valence-corrected chi connectivity index (χ2v) is 4.22. The predicted octanol–water partition coefficient (Wildman–Crippen LogP) is 1.07. The topological polar surface area (TPSA) is 69.6 Å². The average molecular weight is 237 g/mol. The maximum absolute atomic E-state index is 11.5. The number of phenolic OH excluding ortho intramolecular Hbond substituents is 1. The van der Waals surface area contributed by atoms with E-state index in [1.807, 2.05) is 13.0 Å². The van der Waals surface area contributed by atoms with E-state index in [-0.39, 0.29) is 24.2 Å². The molecule has 0 radical (unpaired) electrons. The maximum atomic E-state index is 11.5. The van der Waals surface area contributed by atoms with Gasteiger partial charge in [-0.15, -0.1) is 0 Å². The summed E-state index contributed by atoms with van der Waals surface area (Å²) in [6.45, 7) is 2.42. The molecule has 94 valence electrons. The number of benzene rings is 1. The summed E-state index contributed by atoms with van der Waals surface area (Å²) < 4.78 is 0. The lowest BCUT2D eigenvalue weighted by molar-refractivity contribution is -0.121. The molecule has 0 aromatic heterocycles. The Morgan fingerprint density at radius 3 is 2.76 bits per heavy atom. The number of nitrogens with one attached hydrogen (secondary N) is 1. The highest BCUT2D eigenvalue weighted by Gasteiger charge is 2.06. The molecule has 0 bridgehead atoms. The van der Waals surface area contributed by atoms with Crippen LogP contribution in [0.15, 0.2) is 24.3 Å². The lowest BCUT2D eigenvalue weighted by Crippen LogP contribution is -2.29. The first-order valence-electron chi connectivity index (χ1n) is 5.78. The smallest absolute Gasteiger partial charge is 0.220 e. The summed E-state index contributed by atoms with van der Waals surface area (Å²) in [5, 5.41) is 21.1. The van der Waals surface area contributed by atoms with Gasteiger partial charge in [-0.3, -0.25) is 4.79 Å². The van der Waals surface area contributed by atoms with Crippen molar-refractivity contribution in [1.82, 2.24) is 5.32 Å². The molecule has 1 atom stereocenters. The monoisotopic (exact) mass is 237 g/mol. The number of aliphatic hydroxyl groups is 1. The van der Waals surface area contributed by atoms with Crippen molar-refractivity contribution in [3.63, 3.8) is 0 Å². The van der Waals surface area contributed by atoms with Gasteiger partial charge in [-0.2, -0.15) is 0 Å². The molecule has 1 rings (SSSR count). The minimum absolute atomic E-state index is 0.0615. The molecule has 0 fully saturated rings. The second-order valence-electron chi connectivity index (χ2n) is 4.22. The molecule has 1 amide bonds. The van der Waals surface area contributed by atoms with Gasteiger partial charge in [-0.05, 0) is 24.0 Å². The van der Waals surface area contributed by atoms with Crippen LogP contribution in [0.4, 0.5) is 0 Å². The van der Waals surface area contributed by atoms with Crippen LogP contribution < -0.4 is 5.32 Å². The third-order valence-corrected chi connectivity index (χ3v) is 2.57. The summed E-state index contributed by atoms with van der Waals surface area (Å²) in [5.41, 5.74) is 0.776. The zero-order valence-electron chi connectivity index (χ0n) is 10.0. The van der Waals surface area contributed by atoms with Crippen LogP contribution in [0.25, 0.3) is 0 Å². The Morgan fingerprint density at radius 2 is 2.12 bits per heavy atom. The molecule has 1 unspecified atom stereocenters. The third-order valence-electron chi connectivity index (χ3n) is 2.57. The highest BCUT2D eigenvalue weighted by molar-refractivity contribution is 5.76. The highest BCUT2D eigenvalue weighted by atomic mass is 16.3. The van der Waals surface area contributed by atoms with Gasteiger partial charge in [0, 0.05) is 19.6 Å². The van der Waals surface area contributed by atoms with Gasteiger partial charge >= 0.3 is 0 Å². The van der Waals surface area contributed by atoms with Crippen LogP contribution in [-0.4, -0.2) is 29.3 Å². The molecule has 0 saturated carbocycles. The number of aliphatic hydroxyl groups excluding tert-OH is 1. The first kappa shape index (κ1) is 13.5. The van der Waals surface area contributed by atoms with Gasteiger partial charge in [0.25, 0.3) is 0 Å². The number of aromatic hydroxyl groups is 1. The van der Waals surface area contributed by atoms with E-state index in [1.54, 1.807) is 18.2 Å². The first-order valence-corrected chi connectivity index (χ1v) is 5.78. The zero-order valence-corrected chi connectivity index (χ0v) is 10.0. The van der Waals surface area contributed by atoms with Crippen molar-refractivity contribution < 1.29 is 15.0 Å². The fourth-order valence-electron chi connectivity index (χ4n) is 1.41. The van der Waals surface area contributed by atoms with Gasteiger partial charge in [-0.1, -0.05) is 25.1 Å². The normalized spacial score (nSPS) is 12.1. The van der Waals surface area contributed by atoms with Crippen molar-refractivity contribution in [2.75, 3.05) is 13.2 Å². The molecule has 1 aromatic carbocycles. The summed E-state index contributed by atoms with van der Waals surface area (Å²) in [5.74, 6) is 0.238. The van der Waals surface area contributed by atoms with Gasteiger partial charge in [0.1, 0.15) is 5.75 Å². The quantitative estimate of drug-likeness (QED) is 0.693. The molecule has 0 aliphatic heterocycles. The molecule has 0 aliphatic rings. The molecule has 17 heavy (non-hydrogen) atoms. The van der Waals surface area contributed by atoms with Crippen LogP contribution >= 0.6 is 0 Å². The SMILES string of the molecule is CC(CO)CNC(=O)CCc1ccccc1O. The average Bonchev–Trinajstić information content (AvgIpc) is 2.35. The minimum Gasteiger partial charge on any atom is -0.508 e. The van der Waals surface area contributed by atoms with Gasteiger partial charge < -0.3 is 15.5 Å². The standard InChI is InChI=1S/C13H19NO3/c1-10(9-15)8-14-13(17)7-6-11-4-2-3-5-12(11)16/h2-5,10,15-16H,6-9H2,1H3,(H,14,17). The summed E-state index contributed by atoms with van der Waals surface area (Å²) in [6.07, 6.45) is 0.863. The number of phenols is 1. The van der Waals surface area contributed by atoms with Crippen LogP contribution in [0.1, 0.15) is 18.9 Å². The highest BCUT2D eigenvalue weighted by Crippen LogP contribution is 2.16. The molecule has 4 heteroatoms. The Hall–Kier alpha value is -1.55. The fraction of sp³-hybridized carbons (Fsp3) is 0.462. The van der Waals surface area contributed by atoms with Crippen molar-refractivity contribution in [2.24, 2.45) is 5.92 Å². The number of para-hydroxylation sites is 1. The predicted molar refractivity (Wildman–Crippen MR) is 65.7 cm³/mol. The van der Waals surface area contributed by atoms with Crippen molar-refractivity contribution in [3.8, 4) is 5.75 Å². The lowest BCUT2D eigenvalue weighted by atomic mass is 10.1. The van der Waals surface area contributed by atoms with E-state index in [0.717, 1.165) is 5.56 Å². The molecular weight excluding hydrogens is 218 g/mol. The van der Waals surface area contributed by atoms with Gasteiger partial charge in [0.05, 0.1) is 0 Å². The number of aryl methyl sites for hydroxylation is 1. The van der Waals surface area contributed by atoms with E-state index in [9.17, 15) is 9.90 Å². The van der Waals surface area contributed by atoms with E-state index < -0.39 is 0 Å². The van der Waals surface area contributed by atoms with Crippen molar-refractivity contribution in [2.45, 2.75) is 19.8 Å². The van der Waals surface area contributed by atoms with E-state index in [2.05, 4.69) is 5.32 Å². The third kappa shape index (κ3) is 4.87. The van der Waals surface area contributed by atoms with Crippen LogP contribution in [-0.2, 0) is 11.2 Å². The molecule has 4 nitrogen and oxygen atoms in total. The van der Waals surface area contributed by atoms with E-state index in [1.165, 1.54) is 0 Å². The Morgan fingerprint density at radius 1 is 1.41 bits per heavy atom. The molecule has 3 N–H and O–H groups in total. The van der Waals surface area contributed by atoms with Crippen LogP contribution in [0.5, 0.6) is 5.75 Å². The van der Waals surface area contributed by atoms with Gasteiger partial charge in [0.15, 0.2) is 0 Å². The summed E-state index contributed by atoms with van der Waals surface area (Å²) in [6, 6.07) is 7.00. The summed E-state index contributed by atoms with van der Waals surface area (Å²) >= 11 is 0. The zero-order chi connectivity index (χ0) is 12.7. The number of carbonyl (C=O) groups is 1. The summed E-state index contributed by atoms with van der Waals surface area (Å²) in [7, 11) is 0. The molecular formula is C13H19NO3. The molecule has 0 saturated heterocycles. The Bertz CT molecular complexity index is 365. The number of amides is 1.